The predicted molar refractivity (Wildman–Crippen MR) is 101 cm³/mol. The average Bonchev–Trinajstić information content (AvgIpc) is 3.08. The molecule has 3 rings (SSSR count). The normalized spacial score (nSPS) is 24.9. The summed E-state index contributed by atoms with van der Waals surface area (Å²) < 4.78 is 0. The van der Waals surface area contributed by atoms with Crippen LogP contribution in [0, 0.1) is 0 Å². The van der Waals surface area contributed by atoms with E-state index in [0.717, 1.165) is 39.1 Å². The molecule has 5 heteroatoms. The number of thiophene rings is 1. The summed E-state index contributed by atoms with van der Waals surface area (Å²) in [6.45, 7) is 10.3. The quantitative estimate of drug-likeness (QED) is 0.818. The van der Waals surface area contributed by atoms with E-state index >= 15 is 0 Å². The fourth-order valence-corrected chi connectivity index (χ4v) is 4.67. The minimum Gasteiger partial charge on any atom is -0.339 e. The van der Waals surface area contributed by atoms with Gasteiger partial charge in [-0.2, -0.15) is 11.3 Å². The maximum Gasteiger partial charge on any atom is 0.236 e. The first kappa shape index (κ1) is 17.9. The summed E-state index contributed by atoms with van der Waals surface area (Å²) in [5.41, 5.74) is 1.45. The molecule has 24 heavy (non-hydrogen) atoms. The Hall–Kier alpha value is -0.910. The van der Waals surface area contributed by atoms with Crippen LogP contribution < -0.4 is 0 Å². The molecule has 0 radical (unpaired) electrons. The van der Waals surface area contributed by atoms with Gasteiger partial charge in [0, 0.05) is 44.8 Å². The molecule has 4 nitrogen and oxygen atoms in total. The third-order valence-corrected chi connectivity index (χ3v) is 6.36. The smallest absolute Gasteiger partial charge is 0.236 e. The first-order valence-electron chi connectivity index (χ1n) is 9.40. The van der Waals surface area contributed by atoms with E-state index < -0.39 is 0 Å². The van der Waals surface area contributed by atoms with Gasteiger partial charge in [-0.1, -0.05) is 0 Å². The lowest BCUT2D eigenvalue weighted by Crippen LogP contribution is -2.53. The molecule has 0 spiro atoms. The number of nitrogens with zero attached hydrogens (tertiary/aromatic N) is 3. The molecule has 0 bridgehead atoms. The van der Waals surface area contributed by atoms with Crippen LogP contribution >= 0.6 is 11.3 Å². The van der Waals surface area contributed by atoms with Gasteiger partial charge in [0.2, 0.25) is 5.91 Å². The Labute approximate surface area is 150 Å². The highest BCUT2D eigenvalue weighted by molar-refractivity contribution is 7.07. The summed E-state index contributed by atoms with van der Waals surface area (Å²) in [4.78, 5) is 19.6. The van der Waals surface area contributed by atoms with Crippen LogP contribution in [0.15, 0.2) is 16.8 Å². The molecule has 2 saturated heterocycles. The molecule has 0 unspecified atom stereocenters. The van der Waals surface area contributed by atoms with Crippen LogP contribution in [-0.2, 0) is 11.2 Å². The maximum absolute atomic E-state index is 12.6. The Morgan fingerprint density at radius 2 is 2.04 bits per heavy atom. The second-order valence-corrected chi connectivity index (χ2v) is 8.21. The number of piperidine rings is 1. The number of hydrogen-bond donors (Lipinski definition) is 0. The molecule has 1 aromatic heterocycles. The lowest BCUT2D eigenvalue weighted by molar-refractivity contribution is -0.136. The van der Waals surface area contributed by atoms with Crippen molar-refractivity contribution in [3.8, 4) is 0 Å². The second-order valence-electron chi connectivity index (χ2n) is 7.43. The average molecular weight is 350 g/mol. The van der Waals surface area contributed by atoms with Crippen molar-refractivity contribution in [2.45, 2.75) is 51.6 Å². The van der Waals surface area contributed by atoms with Gasteiger partial charge in [0.25, 0.3) is 0 Å². The van der Waals surface area contributed by atoms with Gasteiger partial charge >= 0.3 is 0 Å². The molecule has 1 aromatic rings. The van der Waals surface area contributed by atoms with Crippen molar-refractivity contribution in [1.82, 2.24) is 14.7 Å². The number of carbonyl (C=O) groups excluding carboxylic acids is 1. The molecule has 0 aliphatic carbocycles. The summed E-state index contributed by atoms with van der Waals surface area (Å²) in [6.07, 6.45) is 4.74. The number of amides is 1. The fourth-order valence-electron chi connectivity index (χ4n) is 3.99. The third-order valence-electron chi connectivity index (χ3n) is 5.62. The molecule has 1 amide bonds. The highest BCUT2D eigenvalue weighted by Gasteiger charge is 2.27. The van der Waals surface area contributed by atoms with Gasteiger partial charge in [-0.05, 0) is 61.9 Å². The third kappa shape index (κ3) is 4.58. The van der Waals surface area contributed by atoms with Crippen LogP contribution in [-0.4, -0.2) is 72.0 Å². The monoisotopic (exact) mass is 349 g/mol. The van der Waals surface area contributed by atoms with E-state index in [4.69, 9.17) is 0 Å². The zero-order valence-electron chi connectivity index (χ0n) is 15.1. The van der Waals surface area contributed by atoms with Crippen LogP contribution in [0.4, 0.5) is 0 Å². The van der Waals surface area contributed by atoms with Crippen molar-refractivity contribution >= 4 is 17.2 Å². The lowest BCUT2D eigenvalue weighted by atomic mass is 10.0. The Morgan fingerprint density at radius 3 is 2.71 bits per heavy atom. The summed E-state index contributed by atoms with van der Waals surface area (Å²) >= 11 is 1.78. The lowest BCUT2D eigenvalue weighted by Gasteiger charge is -2.39. The van der Waals surface area contributed by atoms with Gasteiger partial charge < -0.3 is 4.90 Å². The summed E-state index contributed by atoms with van der Waals surface area (Å²) in [5.74, 6) is 0.335. The summed E-state index contributed by atoms with van der Waals surface area (Å²) in [6, 6.07) is 3.24. The van der Waals surface area contributed by atoms with Gasteiger partial charge in [0.05, 0.1) is 6.54 Å². The van der Waals surface area contributed by atoms with Gasteiger partial charge in [-0.25, -0.2) is 0 Å². The van der Waals surface area contributed by atoms with E-state index in [1.807, 2.05) is 0 Å². The van der Waals surface area contributed by atoms with E-state index in [-0.39, 0.29) is 0 Å². The summed E-state index contributed by atoms with van der Waals surface area (Å²) in [5, 5.41) is 4.42. The number of carbonyl (C=O) groups is 1. The first-order valence-corrected chi connectivity index (χ1v) is 10.3. The van der Waals surface area contributed by atoms with E-state index in [1.165, 1.54) is 24.8 Å². The van der Waals surface area contributed by atoms with Crippen LogP contribution in [0.25, 0.3) is 0 Å². The fraction of sp³-hybridized carbons (Fsp3) is 0.737. The molecular weight excluding hydrogens is 318 g/mol. The molecule has 0 saturated carbocycles. The van der Waals surface area contributed by atoms with E-state index in [0.29, 0.717) is 24.5 Å². The van der Waals surface area contributed by atoms with Crippen molar-refractivity contribution in [1.29, 1.82) is 0 Å². The Balaban J connectivity index is 1.42. The van der Waals surface area contributed by atoms with Gasteiger partial charge in [0.1, 0.15) is 0 Å². The topological polar surface area (TPSA) is 26.8 Å². The van der Waals surface area contributed by atoms with Crippen molar-refractivity contribution < 1.29 is 4.79 Å². The van der Waals surface area contributed by atoms with Crippen molar-refractivity contribution in [2.24, 2.45) is 0 Å². The Bertz CT molecular complexity index is 511. The van der Waals surface area contributed by atoms with E-state index in [1.54, 1.807) is 11.3 Å². The van der Waals surface area contributed by atoms with Gasteiger partial charge in [-0.15, -0.1) is 0 Å². The second kappa shape index (κ2) is 8.45. The largest absolute Gasteiger partial charge is 0.339 e. The molecule has 134 valence electrons. The molecule has 3 heterocycles. The molecule has 2 fully saturated rings. The van der Waals surface area contributed by atoms with Crippen molar-refractivity contribution in [2.75, 3.05) is 39.3 Å². The number of likely N-dealkylation sites (tertiary alicyclic amines) is 1. The number of rotatable bonds is 5. The molecule has 0 aromatic carbocycles. The Morgan fingerprint density at radius 1 is 1.25 bits per heavy atom. The standard InChI is InChI=1S/C19H31N3OS/c1-16-5-3-4-7-22(16)19(23)14-20-8-10-21(11-9-20)17(2)13-18-6-12-24-15-18/h6,12,15-17H,3-5,7-11,13-14H2,1-2H3/t16-,17+/m0/s1. The molecule has 2 aliphatic rings. The van der Waals surface area contributed by atoms with Crippen LogP contribution in [0.1, 0.15) is 38.7 Å². The SMILES string of the molecule is C[C@H](Cc1ccsc1)N1CCN(CC(=O)N2CCCC[C@@H]2C)CC1. The van der Waals surface area contributed by atoms with Crippen LogP contribution in [0.5, 0.6) is 0 Å². The predicted octanol–water partition coefficient (Wildman–Crippen LogP) is 2.70. The molecule has 2 atom stereocenters. The van der Waals surface area contributed by atoms with Gasteiger partial charge in [0.15, 0.2) is 0 Å². The maximum atomic E-state index is 12.6. The Kier molecular flexibility index (Phi) is 6.31. The first-order chi connectivity index (χ1) is 11.6. The van der Waals surface area contributed by atoms with E-state index in [9.17, 15) is 4.79 Å². The summed E-state index contributed by atoms with van der Waals surface area (Å²) in [7, 11) is 0. The molecular formula is C19H31N3OS. The van der Waals surface area contributed by atoms with Crippen molar-refractivity contribution in [3.63, 3.8) is 0 Å². The van der Waals surface area contributed by atoms with Gasteiger partial charge in [-0.3, -0.25) is 14.6 Å². The molecule has 0 N–H and O–H groups in total. The number of hydrogen-bond acceptors (Lipinski definition) is 4. The zero-order chi connectivity index (χ0) is 16.9. The van der Waals surface area contributed by atoms with Crippen LogP contribution in [0.3, 0.4) is 0 Å². The minimum absolute atomic E-state index is 0.335. The number of piperazine rings is 1. The highest BCUT2D eigenvalue weighted by Crippen LogP contribution is 2.18. The van der Waals surface area contributed by atoms with Crippen LogP contribution in [0.2, 0.25) is 0 Å². The van der Waals surface area contributed by atoms with Crippen molar-refractivity contribution in [3.05, 3.63) is 22.4 Å². The zero-order valence-corrected chi connectivity index (χ0v) is 15.9. The van der Waals surface area contributed by atoms with E-state index in [2.05, 4.69) is 45.4 Å². The molecule has 2 aliphatic heterocycles. The highest BCUT2D eigenvalue weighted by atomic mass is 32.1. The minimum atomic E-state index is 0.335.